The van der Waals surface area contributed by atoms with Gasteiger partial charge in [0.25, 0.3) is 0 Å². The molecule has 113 heavy (non-hydrogen) atoms. The molecule has 628 valence electrons. The summed E-state index contributed by atoms with van der Waals surface area (Å²) in [6.45, 7) is 18.0. The average molecular weight is 1610 g/mol. The van der Waals surface area contributed by atoms with Crippen LogP contribution in [0.2, 0.25) is 0 Å². The summed E-state index contributed by atoms with van der Waals surface area (Å²) in [4.78, 5) is 131. The van der Waals surface area contributed by atoms with Crippen molar-refractivity contribution < 1.29 is 112 Å². The normalized spacial score (nSPS) is 23.3. The summed E-state index contributed by atoms with van der Waals surface area (Å²) < 4.78 is 49.8. The van der Waals surface area contributed by atoms with Gasteiger partial charge in [-0.1, -0.05) is 123 Å². The first-order chi connectivity index (χ1) is 53.9. The van der Waals surface area contributed by atoms with E-state index in [-0.39, 0.29) is 126 Å². The van der Waals surface area contributed by atoms with Crippen LogP contribution in [0.25, 0.3) is 10.1 Å². The Hall–Kier alpha value is -7.83. The minimum Gasteiger partial charge on any atom is -0.481 e. The van der Waals surface area contributed by atoms with Crippen molar-refractivity contribution in [3.8, 4) is 5.75 Å². The third kappa shape index (κ3) is 22.0. The Morgan fingerprint density at radius 2 is 1.48 bits per heavy atom. The second-order valence-corrected chi connectivity index (χ2v) is 32.0. The van der Waals surface area contributed by atoms with Crippen molar-refractivity contribution in [2.75, 3.05) is 87.7 Å². The first-order valence-electron chi connectivity index (χ1n) is 39.6. The number of aliphatic hydroxyl groups excluding tert-OH is 4. The van der Waals surface area contributed by atoms with Gasteiger partial charge in [0.2, 0.25) is 41.7 Å². The van der Waals surface area contributed by atoms with Gasteiger partial charge < -0.3 is 89.0 Å². The number of rotatable bonds is 47. The maximum atomic E-state index is 15.2. The Labute approximate surface area is 664 Å². The Balaban J connectivity index is 0.950. The zero-order valence-electron chi connectivity index (χ0n) is 67.4. The van der Waals surface area contributed by atoms with Crippen molar-refractivity contribution in [1.29, 1.82) is 0 Å². The lowest BCUT2D eigenvalue weighted by Crippen LogP contribution is -2.60. The van der Waals surface area contributed by atoms with E-state index in [2.05, 4.69) is 27.9 Å². The first kappa shape index (κ1) is 90.7. The number of likely N-dealkylation sites (tertiary alicyclic amines) is 2. The first-order valence-corrected chi connectivity index (χ1v) is 40.4. The van der Waals surface area contributed by atoms with Gasteiger partial charge in [-0.15, -0.1) is 16.4 Å². The molecule has 32 nitrogen and oxygen atoms in total. The summed E-state index contributed by atoms with van der Waals surface area (Å²) in [6.07, 6.45) is -5.86. The largest absolute Gasteiger partial charge is 0.481 e. The monoisotopic (exact) mass is 1610 g/mol. The van der Waals surface area contributed by atoms with Gasteiger partial charge in [0.05, 0.1) is 119 Å². The van der Waals surface area contributed by atoms with Gasteiger partial charge in [-0.05, 0) is 73.5 Å². The van der Waals surface area contributed by atoms with Gasteiger partial charge >= 0.3 is 18.0 Å². The van der Waals surface area contributed by atoms with Crippen molar-refractivity contribution in [1.82, 2.24) is 45.2 Å². The number of carbonyl (C=O) groups is 9. The Morgan fingerprint density at radius 1 is 0.796 bits per heavy atom. The van der Waals surface area contributed by atoms with E-state index in [9.17, 15) is 59.4 Å². The smallest absolute Gasteiger partial charge is 0.410 e. The molecule has 3 aliphatic heterocycles. The van der Waals surface area contributed by atoms with Gasteiger partial charge in [-0.3, -0.25) is 43.4 Å². The van der Waals surface area contributed by atoms with Crippen LogP contribution < -0.4 is 15.4 Å². The molecule has 4 aliphatic rings. The van der Waals surface area contributed by atoms with Crippen molar-refractivity contribution in [2.45, 2.75) is 225 Å². The third-order valence-corrected chi connectivity index (χ3v) is 23.8. The Kier molecular flexibility index (Phi) is 33.8. The van der Waals surface area contributed by atoms with Crippen LogP contribution in [0.3, 0.4) is 0 Å². The molecule has 2 aromatic carbocycles. The van der Waals surface area contributed by atoms with Crippen LogP contribution in [-0.4, -0.2) is 279 Å². The molecule has 7 amide bonds. The molecule has 1 saturated carbocycles. The highest BCUT2D eigenvalue weighted by Crippen LogP contribution is 2.68. The number of nitrogens with one attached hydrogen (secondary N) is 2. The van der Waals surface area contributed by atoms with Gasteiger partial charge in [0.15, 0.2) is 0 Å². The van der Waals surface area contributed by atoms with E-state index in [0.717, 1.165) is 36.1 Å². The number of ether oxygens (including phenoxy) is 8. The van der Waals surface area contributed by atoms with Crippen molar-refractivity contribution in [2.24, 2.45) is 40.9 Å². The molecule has 4 aromatic rings. The number of piperidine rings is 1. The number of hydrogen-bond donors (Lipinski definition) is 8. The highest BCUT2D eigenvalue weighted by molar-refractivity contribution is 7.19. The number of carbonyl (C=O) groups excluding carboxylic acids is 7. The minimum atomic E-state index is -1.79. The topological polar surface area (TPSA) is 417 Å². The van der Waals surface area contributed by atoms with Gasteiger partial charge in [0.1, 0.15) is 54.4 Å². The number of aliphatic hydroxyl groups is 4. The number of carboxylic acids is 2. The summed E-state index contributed by atoms with van der Waals surface area (Å²) in [5, 5.41) is 77.0. The molecule has 8 N–H and O–H groups in total. The lowest BCUT2D eigenvalue weighted by atomic mass is 9.89. The Morgan fingerprint density at radius 3 is 2.09 bits per heavy atom. The number of hydrogen-bond acceptors (Lipinski definition) is 24. The number of amides is 7. The molecule has 18 atom stereocenters. The van der Waals surface area contributed by atoms with E-state index < -0.39 is 145 Å². The highest BCUT2D eigenvalue weighted by atomic mass is 32.1. The number of thiophene rings is 1. The predicted molar refractivity (Wildman–Crippen MR) is 413 cm³/mol. The lowest BCUT2D eigenvalue weighted by molar-refractivity contribution is -0.277. The van der Waals surface area contributed by atoms with E-state index in [1.807, 2.05) is 26.8 Å². The van der Waals surface area contributed by atoms with Crippen LogP contribution in [0.1, 0.15) is 148 Å². The average Bonchev–Trinajstić information content (AvgIpc) is 1.50. The standard InChI is InChI=1S/C80H119N9O23S/c1-14-21-54-63-74(99)89(78(103)80(54,63)29-15-2)32-34-108-36-38-109-37-35-107-33-31-87-43-50(83-84-87)40-58(52-26-27-57(53-41-51(113-71(52)53)25-28-62(92)93)110-77-69(96)68(95)67(94)60(44-90)111-77)112-79(104)86(11)65(46(6)7)73(98)82-64(45(4)5)75(100)85(10)66(47(8)16-3)59(105-12)42-61(91)88-30-20-24-56(88)70(106-13)48(9)72(97)81-55(76(101)102)39-49-22-18-17-19-23-49/h17-19,22-23,26-27,41,43,45-48,54-56,58-60,63-70,77,90,94-96H,14-16,20-21,24-25,28-40,42,44H2,1-13H3,(H,81,97)(H,82,98)(H,92,93)(H,101,102)/t47?,48-,54?,55?,56+,58?,59-,60-,63?,64+,65+,66+,67+,68+,69-,70-,77-,80?/m1/s1. The summed E-state index contributed by atoms with van der Waals surface area (Å²) >= 11 is 1.18. The number of carboxylic acid groups (broad SMARTS) is 2. The fourth-order valence-corrected chi connectivity index (χ4v) is 17.6. The number of aryl methyl sites for hydroxylation is 1. The van der Waals surface area contributed by atoms with Crippen molar-refractivity contribution in [3.05, 3.63) is 76.4 Å². The molecule has 4 fully saturated rings. The van der Waals surface area contributed by atoms with Crippen molar-refractivity contribution >= 4 is 74.9 Å². The molecule has 6 unspecified atom stereocenters. The quantitative estimate of drug-likeness (QED) is 0.0208. The molecule has 8 rings (SSSR count). The van der Waals surface area contributed by atoms with Crippen LogP contribution in [0, 0.1) is 40.9 Å². The maximum Gasteiger partial charge on any atom is 0.410 e. The molecular formula is C80H119N9O23S. The summed E-state index contributed by atoms with van der Waals surface area (Å²) in [7, 11) is 5.90. The number of nitrogens with zero attached hydrogens (tertiary/aromatic N) is 7. The third-order valence-electron chi connectivity index (χ3n) is 22.6. The van der Waals surface area contributed by atoms with Crippen LogP contribution in [0.4, 0.5) is 4.79 Å². The number of methoxy groups -OCH3 is 2. The van der Waals surface area contributed by atoms with E-state index >= 15 is 14.4 Å². The number of aromatic nitrogens is 3. The number of benzene rings is 2. The second kappa shape index (κ2) is 42.2. The summed E-state index contributed by atoms with van der Waals surface area (Å²) in [5.41, 5.74) is 0.908. The molecule has 33 heteroatoms. The zero-order chi connectivity index (χ0) is 82.7. The van der Waals surface area contributed by atoms with Gasteiger partial charge in [0, 0.05) is 74.4 Å². The fraction of sp³-hybridized carbons (Fsp3) is 0.688. The lowest BCUT2D eigenvalue weighted by Gasteiger charge is -2.41. The predicted octanol–water partition coefficient (Wildman–Crippen LogP) is 5.19. The zero-order valence-corrected chi connectivity index (χ0v) is 68.2. The molecule has 1 aliphatic carbocycles. The molecular weight excluding hydrogens is 1490 g/mol. The van der Waals surface area contributed by atoms with E-state index in [4.69, 9.17) is 37.9 Å². The maximum absolute atomic E-state index is 15.2. The van der Waals surface area contributed by atoms with E-state index in [0.29, 0.717) is 52.0 Å². The number of fused-ring (bicyclic) bond motifs is 2. The molecule has 0 spiro atoms. The molecule has 0 bridgehead atoms. The highest BCUT2D eigenvalue weighted by Gasteiger charge is 2.77. The number of imide groups is 1. The van der Waals surface area contributed by atoms with Gasteiger partial charge in [-0.2, -0.15) is 0 Å². The summed E-state index contributed by atoms with van der Waals surface area (Å²) in [5.74, 6) is -6.73. The molecule has 0 radical (unpaired) electrons. The summed E-state index contributed by atoms with van der Waals surface area (Å²) in [6, 6.07) is 8.75. The van der Waals surface area contributed by atoms with Gasteiger partial charge in [-0.25, -0.2) is 14.3 Å². The van der Waals surface area contributed by atoms with E-state index in [1.54, 1.807) is 89.2 Å². The molecule has 2 aromatic heterocycles. The van der Waals surface area contributed by atoms with Crippen LogP contribution in [0.15, 0.2) is 54.7 Å². The van der Waals surface area contributed by atoms with E-state index in [1.165, 1.54) is 53.2 Å². The van der Waals surface area contributed by atoms with Crippen LogP contribution in [-0.2, 0) is 97.3 Å². The fourth-order valence-electron chi connectivity index (χ4n) is 16.4. The number of likely N-dealkylation sites (N-methyl/N-ethyl adjacent to an activating group) is 2. The SMILES string of the molecule is CCCC1C2C(=O)N(CCOCCOCCOCCn3cc(CC(OC(=O)N(C)[C@H](C(=O)N[C@H](C(=O)N(C)[C@@H](C(C)CC)[C@@H](CC(=O)N4CCC[C@H]4[C@H](OC)[C@@H](C)C(=O)NC(Cc4ccccc4)C(=O)O)OC)C(C)C)C(C)C)c4ccc(O[C@@H]5O[C@H](CO)[C@H](O)[C@H](O)[C@H]5O)c5cc(CCC(=O)O)sc45)nn3)C(=O)C12CCC. The molecule has 3 saturated heterocycles. The number of aliphatic carboxylic acids is 2. The van der Waals surface area contributed by atoms with Crippen molar-refractivity contribution in [3.63, 3.8) is 0 Å². The van der Waals surface area contributed by atoms with Crippen LogP contribution in [0.5, 0.6) is 5.75 Å². The molecule has 5 heterocycles. The second-order valence-electron chi connectivity index (χ2n) is 30.9. The Bertz CT molecular complexity index is 3830. The van der Waals surface area contributed by atoms with Crippen LogP contribution >= 0.6 is 11.3 Å². The minimum absolute atomic E-state index is 0.0567.